The molecule has 1 aromatic carbocycles. The summed E-state index contributed by atoms with van der Waals surface area (Å²) in [5.74, 6) is 0.185. The van der Waals surface area contributed by atoms with E-state index >= 15 is 0 Å². The molecule has 7 nitrogen and oxygen atoms in total. The maximum atomic E-state index is 11.8. The zero-order valence-electron chi connectivity index (χ0n) is 14.5. The van der Waals surface area contributed by atoms with Crippen molar-refractivity contribution < 1.29 is 24.0 Å². The highest BCUT2D eigenvalue weighted by molar-refractivity contribution is 5.82. The second-order valence-corrected chi connectivity index (χ2v) is 6.34. The average Bonchev–Trinajstić information content (AvgIpc) is 2.57. The van der Waals surface area contributed by atoms with Gasteiger partial charge in [0.15, 0.2) is 0 Å². The van der Waals surface area contributed by atoms with Crippen LogP contribution in [-0.4, -0.2) is 48.9 Å². The van der Waals surface area contributed by atoms with E-state index in [-0.39, 0.29) is 11.8 Å². The van der Waals surface area contributed by atoms with Gasteiger partial charge in [0.2, 0.25) is 0 Å². The van der Waals surface area contributed by atoms with Gasteiger partial charge in [-0.1, -0.05) is 0 Å². The van der Waals surface area contributed by atoms with E-state index in [2.05, 4.69) is 0 Å². The summed E-state index contributed by atoms with van der Waals surface area (Å²) in [6, 6.07) is 4.82. The highest BCUT2D eigenvalue weighted by Gasteiger charge is 2.25. The summed E-state index contributed by atoms with van der Waals surface area (Å²) in [5, 5.41) is 10.7. The molecule has 0 aliphatic carbocycles. The molecule has 1 saturated heterocycles. The Labute approximate surface area is 145 Å². The molecule has 1 aromatic heterocycles. The predicted molar refractivity (Wildman–Crippen MR) is 91.9 cm³/mol. The number of fused-ring (bicyclic) bond motifs is 1. The van der Waals surface area contributed by atoms with E-state index in [1.807, 2.05) is 0 Å². The number of nitrogens with one attached hydrogen (secondary N) is 1. The quantitative estimate of drug-likeness (QED) is 0.797. The fraction of sp³-hybridized carbons (Fsp3) is 0.444. The number of amides is 1. The summed E-state index contributed by atoms with van der Waals surface area (Å²) in [6.07, 6.45) is -0.271. The molecule has 25 heavy (non-hydrogen) atoms. The van der Waals surface area contributed by atoms with Crippen molar-refractivity contribution in [1.82, 2.24) is 4.90 Å². The van der Waals surface area contributed by atoms with Gasteiger partial charge in [-0.25, -0.2) is 9.59 Å². The van der Waals surface area contributed by atoms with Crippen LogP contribution in [0.2, 0.25) is 0 Å². The van der Waals surface area contributed by atoms with Crippen LogP contribution in [-0.2, 0) is 11.3 Å². The standard InChI is InChI=1S/C18H22N2O5/c1-3-24-18(23)20-6-4-19(5-7-20)11-13-9-17(22)25-16-8-12(2)15(21)10-14(13)16/h8-10,21H,3-7,11H2,1-2H3/p+1. The number of hydrogen-bond acceptors (Lipinski definition) is 5. The number of aryl methyl sites for hydroxylation is 1. The number of rotatable bonds is 3. The van der Waals surface area contributed by atoms with Crippen molar-refractivity contribution in [2.45, 2.75) is 20.4 Å². The summed E-state index contributed by atoms with van der Waals surface area (Å²) in [4.78, 5) is 26.6. The maximum absolute atomic E-state index is 11.8. The minimum atomic E-state index is -0.392. The lowest BCUT2D eigenvalue weighted by molar-refractivity contribution is -0.917. The predicted octanol–water partition coefficient (Wildman–Crippen LogP) is 0.664. The SMILES string of the molecule is CCOC(=O)N1CC[NH+](Cc2cc(=O)oc3cc(C)c(O)cc23)CC1. The Bertz CT molecular complexity index is 837. The molecule has 0 radical (unpaired) electrons. The lowest BCUT2D eigenvalue weighted by atomic mass is 10.1. The number of aromatic hydroxyl groups is 1. The first-order chi connectivity index (χ1) is 12.0. The van der Waals surface area contributed by atoms with Crippen LogP contribution in [0.15, 0.2) is 27.4 Å². The fourth-order valence-corrected chi connectivity index (χ4v) is 3.18. The van der Waals surface area contributed by atoms with Gasteiger partial charge < -0.3 is 19.2 Å². The molecule has 2 N–H and O–H groups in total. The fourth-order valence-electron chi connectivity index (χ4n) is 3.18. The van der Waals surface area contributed by atoms with E-state index < -0.39 is 5.63 Å². The average molecular weight is 347 g/mol. The smallest absolute Gasteiger partial charge is 0.410 e. The van der Waals surface area contributed by atoms with Crippen LogP contribution in [0.25, 0.3) is 11.0 Å². The molecule has 2 aromatic rings. The lowest BCUT2D eigenvalue weighted by Crippen LogP contribution is -3.13. The molecule has 1 aliphatic rings. The number of carbonyl (C=O) groups excluding carboxylic acids is 1. The number of benzene rings is 1. The molecule has 7 heteroatoms. The number of ether oxygens (including phenoxy) is 1. The molecule has 1 amide bonds. The Hall–Kier alpha value is -2.54. The molecular weight excluding hydrogens is 324 g/mol. The van der Waals surface area contributed by atoms with Gasteiger partial charge in [-0.3, -0.25) is 4.90 Å². The first-order valence-electron chi connectivity index (χ1n) is 8.49. The van der Waals surface area contributed by atoms with Crippen LogP contribution in [0.4, 0.5) is 4.79 Å². The summed E-state index contributed by atoms with van der Waals surface area (Å²) >= 11 is 0. The first kappa shape index (κ1) is 17.3. The minimum Gasteiger partial charge on any atom is -0.508 e. The van der Waals surface area contributed by atoms with Crippen molar-refractivity contribution in [3.63, 3.8) is 0 Å². The molecule has 134 valence electrons. The Balaban J connectivity index is 1.77. The van der Waals surface area contributed by atoms with Crippen molar-refractivity contribution >= 4 is 17.1 Å². The van der Waals surface area contributed by atoms with Crippen LogP contribution in [0.3, 0.4) is 0 Å². The molecule has 0 unspecified atom stereocenters. The second-order valence-electron chi connectivity index (χ2n) is 6.34. The van der Waals surface area contributed by atoms with Crippen LogP contribution >= 0.6 is 0 Å². The Morgan fingerprint density at radius 3 is 2.72 bits per heavy atom. The highest BCUT2D eigenvalue weighted by Crippen LogP contribution is 2.25. The van der Waals surface area contributed by atoms with Gasteiger partial charge in [0, 0.05) is 17.0 Å². The number of piperazine rings is 1. The van der Waals surface area contributed by atoms with E-state index in [1.54, 1.807) is 30.9 Å². The molecule has 0 saturated carbocycles. The van der Waals surface area contributed by atoms with Gasteiger partial charge in [0.1, 0.15) is 17.9 Å². The van der Waals surface area contributed by atoms with Gasteiger partial charge >= 0.3 is 11.7 Å². The van der Waals surface area contributed by atoms with Gasteiger partial charge in [0.05, 0.1) is 32.8 Å². The molecule has 0 bridgehead atoms. The maximum Gasteiger partial charge on any atom is 0.410 e. The zero-order valence-corrected chi connectivity index (χ0v) is 14.5. The molecule has 1 aliphatic heterocycles. The lowest BCUT2D eigenvalue weighted by Gasteiger charge is -2.31. The van der Waals surface area contributed by atoms with Gasteiger partial charge in [-0.2, -0.15) is 0 Å². The number of phenols is 1. The van der Waals surface area contributed by atoms with Crippen LogP contribution in [0, 0.1) is 6.92 Å². The van der Waals surface area contributed by atoms with Crippen molar-refractivity contribution in [2.24, 2.45) is 0 Å². The van der Waals surface area contributed by atoms with Crippen LogP contribution in [0.1, 0.15) is 18.1 Å². The third-order valence-corrected chi connectivity index (χ3v) is 4.58. The van der Waals surface area contributed by atoms with Crippen molar-refractivity contribution in [3.05, 3.63) is 39.7 Å². The molecule has 2 heterocycles. The summed E-state index contributed by atoms with van der Waals surface area (Å²) in [6.45, 7) is 7.37. The monoisotopic (exact) mass is 347 g/mol. The van der Waals surface area contributed by atoms with Crippen molar-refractivity contribution in [1.29, 1.82) is 0 Å². The van der Waals surface area contributed by atoms with Crippen molar-refractivity contribution in [2.75, 3.05) is 32.8 Å². The molecule has 0 atom stereocenters. The zero-order chi connectivity index (χ0) is 18.0. The third kappa shape index (κ3) is 3.76. The molecule has 0 spiro atoms. The minimum absolute atomic E-state index is 0.185. The molecular formula is C18H23N2O5+. The second kappa shape index (κ2) is 7.14. The Kier molecular flexibility index (Phi) is 4.94. The van der Waals surface area contributed by atoms with E-state index in [9.17, 15) is 14.7 Å². The third-order valence-electron chi connectivity index (χ3n) is 4.58. The summed E-state index contributed by atoms with van der Waals surface area (Å²) < 4.78 is 10.3. The summed E-state index contributed by atoms with van der Waals surface area (Å²) in [5.41, 5.74) is 1.61. The Morgan fingerprint density at radius 2 is 2.04 bits per heavy atom. The normalized spacial score (nSPS) is 15.5. The van der Waals surface area contributed by atoms with Gasteiger partial charge in [0.25, 0.3) is 0 Å². The molecule has 3 rings (SSSR count). The number of carbonyl (C=O) groups is 1. The van der Waals surface area contributed by atoms with E-state index in [0.717, 1.165) is 24.0 Å². The number of hydrogen-bond donors (Lipinski definition) is 2. The largest absolute Gasteiger partial charge is 0.508 e. The van der Waals surface area contributed by atoms with E-state index in [0.29, 0.717) is 37.4 Å². The van der Waals surface area contributed by atoms with Crippen molar-refractivity contribution in [3.8, 4) is 5.75 Å². The van der Waals surface area contributed by atoms with Gasteiger partial charge in [-0.05, 0) is 31.5 Å². The number of quaternary nitrogens is 1. The van der Waals surface area contributed by atoms with E-state index in [4.69, 9.17) is 9.15 Å². The number of nitrogens with zero attached hydrogens (tertiary/aromatic N) is 1. The summed E-state index contributed by atoms with van der Waals surface area (Å²) in [7, 11) is 0. The number of phenolic OH excluding ortho intramolecular Hbond substituents is 1. The first-order valence-corrected chi connectivity index (χ1v) is 8.49. The van der Waals surface area contributed by atoms with E-state index in [1.165, 1.54) is 11.0 Å². The van der Waals surface area contributed by atoms with Crippen LogP contribution in [0.5, 0.6) is 5.75 Å². The van der Waals surface area contributed by atoms with Gasteiger partial charge in [-0.15, -0.1) is 0 Å². The topological polar surface area (TPSA) is 84.4 Å². The van der Waals surface area contributed by atoms with Crippen LogP contribution < -0.4 is 10.5 Å². The molecule has 1 fully saturated rings. The highest BCUT2D eigenvalue weighted by atomic mass is 16.6. The Morgan fingerprint density at radius 1 is 1.32 bits per heavy atom.